The average molecular weight is 396 g/mol. The molecule has 5 nitrogen and oxygen atoms in total. The van der Waals surface area contributed by atoms with Crippen LogP contribution in [0.15, 0.2) is 48.7 Å². The predicted octanol–water partition coefficient (Wildman–Crippen LogP) is 4.60. The number of hydrogen-bond donors (Lipinski definition) is 2. The van der Waals surface area contributed by atoms with E-state index in [1.807, 2.05) is 37.4 Å². The highest BCUT2D eigenvalue weighted by atomic mass is 35.5. The first kappa shape index (κ1) is 19.8. The van der Waals surface area contributed by atoms with Gasteiger partial charge in [-0.1, -0.05) is 43.1 Å². The summed E-state index contributed by atoms with van der Waals surface area (Å²) >= 11 is 6.05. The topological polar surface area (TPSA) is 77.9 Å². The number of nitriles is 1. The van der Waals surface area contributed by atoms with E-state index in [1.165, 1.54) is 10.9 Å². The van der Waals surface area contributed by atoms with Crippen molar-refractivity contribution in [3.63, 3.8) is 0 Å². The molecule has 144 valence electrons. The van der Waals surface area contributed by atoms with Crippen LogP contribution in [0.3, 0.4) is 0 Å². The molecular weight excluding hydrogens is 374 g/mol. The summed E-state index contributed by atoms with van der Waals surface area (Å²) < 4.78 is 5.84. The monoisotopic (exact) mass is 395 g/mol. The maximum atomic E-state index is 12.6. The quantitative estimate of drug-likeness (QED) is 0.585. The highest BCUT2D eigenvalue weighted by Gasteiger charge is 2.19. The van der Waals surface area contributed by atoms with Gasteiger partial charge in [0.25, 0.3) is 5.91 Å². The van der Waals surface area contributed by atoms with E-state index in [0.29, 0.717) is 29.3 Å². The summed E-state index contributed by atoms with van der Waals surface area (Å²) in [7, 11) is 0. The molecule has 0 saturated carbocycles. The maximum absolute atomic E-state index is 12.6. The fourth-order valence-electron chi connectivity index (χ4n) is 3.10. The molecule has 1 heterocycles. The summed E-state index contributed by atoms with van der Waals surface area (Å²) in [6.07, 6.45) is 3.52. The Morgan fingerprint density at radius 3 is 2.89 bits per heavy atom. The van der Waals surface area contributed by atoms with E-state index in [2.05, 4.69) is 16.4 Å². The Balaban J connectivity index is 1.60. The largest absolute Gasteiger partial charge is 0.481 e. The molecule has 0 aliphatic carbocycles. The summed E-state index contributed by atoms with van der Waals surface area (Å²) in [6.45, 7) is 2.53. The molecule has 0 fully saturated rings. The Labute approximate surface area is 169 Å². The number of halogens is 1. The van der Waals surface area contributed by atoms with Crippen LogP contribution in [0.2, 0.25) is 5.02 Å². The van der Waals surface area contributed by atoms with Crippen molar-refractivity contribution < 1.29 is 9.53 Å². The first-order chi connectivity index (χ1) is 13.6. The summed E-state index contributed by atoms with van der Waals surface area (Å²) in [5.41, 5.74) is 2.64. The lowest BCUT2D eigenvalue weighted by Gasteiger charge is -2.18. The van der Waals surface area contributed by atoms with Gasteiger partial charge in [-0.25, -0.2) is 0 Å². The number of ether oxygens (including phenoxy) is 1. The second-order valence-corrected chi connectivity index (χ2v) is 6.96. The van der Waals surface area contributed by atoms with Crippen molar-refractivity contribution in [1.82, 2.24) is 10.3 Å². The number of fused-ring (bicyclic) bond motifs is 1. The van der Waals surface area contributed by atoms with Crippen LogP contribution in [0, 0.1) is 11.3 Å². The van der Waals surface area contributed by atoms with Crippen LogP contribution >= 0.6 is 11.6 Å². The molecule has 28 heavy (non-hydrogen) atoms. The fraction of sp³-hybridized carbons (Fsp3) is 0.273. The summed E-state index contributed by atoms with van der Waals surface area (Å²) in [5, 5.41) is 13.4. The SMILES string of the molecule is CCC[C@H](Oc1ccc(C#N)c(Cl)c1)C(=O)NCCc1c[nH]c2ccccc12. The van der Waals surface area contributed by atoms with Crippen LogP contribution in [0.25, 0.3) is 10.9 Å². The molecule has 2 aromatic carbocycles. The number of benzene rings is 2. The summed E-state index contributed by atoms with van der Waals surface area (Å²) in [4.78, 5) is 15.9. The molecule has 0 radical (unpaired) electrons. The van der Waals surface area contributed by atoms with Crippen LogP contribution in [0.5, 0.6) is 5.75 Å². The van der Waals surface area contributed by atoms with Crippen LogP contribution in [-0.4, -0.2) is 23.5 Å². The lowest BCUT2D eigenvalue weighted by molar-refractivity contribution is -0.128. The van der Waals surface area contributed by atoms with E-state index in [-0.39, 0.29) is 5.91 Å². The average Bonchev–Trinajstić information content (AvgIpc) is 3.11. The number of hydrogen-bond acceptors (Lipinski definition) is 3. The molecule has 3 aromatic rings. The zero-order valence-electron chi connectivity index (χ0n) is 15.7. The van der Waals surface area contributed by atoms with Gasteiger partial charge >= 0.3 is 0 Å². The molecule has 0 unspecified atom stereocenters. The van der Waals surface area contributed by atoms with E-state index in [1.54, 1.807) is 18.2 Å². The number of nitrogens with one attached hydrogen (secondary N) is 2. The molecule has 0 aliphatic heterocycles. The van der Waals surface area contributed by atoms with Gasteiger partial charge in [0.05, 0.1) is 10.6 Å². The Morgan fingerprint density at radius 2 is 2.14 bits per heavy atom. The number of aromatic nitrogens is 1. The molecule has 2 N–H and O–H groups in total. The lowest BCUT2D eigenvalue weighted by Crippen LogP contribution is -2.39. The molecule has 3 rings (SSSR count). The molecule has 1 aromatic heterocycles. The van der Waals surface area contributed by atoms with Crippen molar-refractivity contribution in [3.8, 4) is 11.8 Å². The standard InChI is InChI=1S/C22H22ClN3O2/c1-2-5-21(28-17-9-8-15(13-24)19(23)12-17)22(27)25-11-10-16-14-26-20-7-4-3-6-18(16)20/h3-4,6-9,12,14,21,26H,2,5,10-11H2,1H3,(H,25,27)/t21-/m0/s1. The van der Waals surface area contributed by atoms with Gasteiger partial charge in [-0.05, 0) is 36.6 Å². The predicted molar refractivity (Wildman–Crippen MR) is 111 cm³/mol. The van der Waals surface area contributed by atoms with Crippen molar-refractivity contribution in [2.75, 3.05) is 6.54 Å². The minimum Gasteiger partial charge on any atom is -0.481 e. The van der Waals surface area contributed by atoms with Gasteiger partial charge in [0.2, 0.25) is 0 Å². The van der Waals surface area contributed by atoms with Gasteiger partial charge in [-0.15, -0.1) is 0 Å². The van der Waals surface area contributed by atoms with E-state index in [9.17, 15) is 4.79 Å². The highest BCUT2D eigenvalue weighted by molar-refractivity contribution is 6.31. The number of para-hydroxylation sites is 1. The Bertz CT molecular complexity index is 1010. The van der Waals surface area contributed by atoms with E-state index < -0.39 is 6.10 Å². The van der Waals surface area contributed by atoms with Crippen LogP contribution < -0.4 is 10.1 Å². The van der Waals surface area contributed by atoms with Gasteiger partial charge in [-0.3, -0.25) is 4.79 Å². The second-order valence-electron chi connectivity index (χ2n) is 6.55. The number of aromatic amines is 1. The van der Waals surface area contributed by atoms with Gasteiger partial charge in [0, 0.05) is 29.7 Å². The minimum atomic E-state index is -0.600. The van der Waals surface area contributed by atoms with Gasteiger partial charge in [-0.2, -0.15) is 5.26 Å². The van der Waals surface area contributed by atoms with Crippen molar-refractivity contribution in [2.45, 2.75) is 32.3 Å². The molecule has 0 bridgehead atoms. The van der Waals surface area contributed by atoms with Crippen LogP contribution in [-0.2, 0) is 11.2 Å². The third kappa shape index (κ3) is 4.65. The summed E-state index contributed by atoms with van der Waals surface area (Å²) in [6, 6.07) is 14.9. The fourth-order valence-corrected chi connectivity index (χ4v) is 3.32. The van der Waals surface area contributed by atoms with Gasteiger partial charge < -0.3 is 15.0 Å². The van der Waals surface area contributed by atoms with Crippen molar-refractivity contribution in [2.24, 2.45) is 0 Å². The van der Waals surface area contributed by atoms with Gasteiger partial charge in [0.15, 0.2) is 6.10 Å². The zero-order chi connectivity index (χ0) is 19.9. The number of nitrogens with zero attached hydrogens (tertiary/aromatic N) is 1. The smallest absolute Gasteiger partial charge is 0.261 e. The van der Waals surface area contributed by atoms with Crippen molar-refractivity contribution >= 4 is 28.4 Å². The molecule has 0 aliphatic rings. The number of amides is 1. The Kier molecular flexibility index (Phi) is 6.57. The molecule has 1 amide bonds. The Morgan fingerprint density at radius 1 is 1.32 bits per heavy atom. The third-order valence-electron chi connectivity index (χ3n) is 4.55. The summed E-state index contributed by atoms with van der Waals surface area (Å²) in [5.74, 6) is 0.330. The number of carbonyl (C=O) groups excluding carboxylic acids is 1. The van der Waals surface area contributed by atoms with Crippen LogP contribution in [0.4, 0.5) is 0 Å². The minimum absolute atomic E-state index is 0.151. The number of carbonyl (C=O) groups is 1. The normalized spacial score (nSPS) is 11.8. The van der Waals surface area contributed by atoms with Gasteiger partial charge in [0.1, 0.15) is 11.8 Å². The molecule has 0 spiro atoms. The first-order valence-electron chi connectivity index (χ1n) is 9.31. The number of H-pyrrole nitrogens is 1. The lowest BCUT2D eigenvalue weighted by atomic mass is 10.1. The highest BCUT2D eigenvalue weighted by Crippen LogP contribution is 2.23. The number of rotatable bonds is 8. The van der Waals surface area contributed by atoms with Crippen LogP contribution in [0.1, 0.15) is 30.9 Å². The Hall–Kier alpha value is -2.97. The van der Waals surface area contributed by atoms with E-state index in [4.69, 9.17) is 21.6 Å². The van der Waals surface area contributed by atoms with E-state index >= 15 is 0 Å². The first-order valence-corrected chi connectivity index (χ1v) is 9.69. The van der Waals surface area contributed by atoms with Crippen molar-refractivity contribution in [3.05, 3.63) is 64.8 Å². The molecule has 1 atom stereocenters. The zero-order valence-corrected chi connectivity index (χ0v) is 16.4. The molecule has 0 saturated heterocycles. The van der Waals surface area contributed by atoms with E-state index in [0.717, 1.165) is 18.4 Å². The third-order valence-corrected chi connectivity index (χ3v) is 4.86. The second kappa shape index (κ2) is 9.29. The molecular formula is C22H22ClN3O2. The van der Waals surface area contributed by atoms with Crippen molar-refractivity contribution in [1.29, 1.82) is 5.26 Å². The molecule has 6 heteroatoms. The maximum Gasteiger partial charge on any atom is 0.261 e.